The van der Waals surface area contributed by atoms with Crippen LogP contribution in [0.25, 0.3) is 11.2 Å². The van der Waals surface area contributed by atoms with Gasteiger partial charge in [-0.3, -0.25) is 14.3 Å². The zero-order chi connectivity index (χ0) is 19.8. The number of aromatic amines is 1. The van der Waals surface area contributed by atoms with Crippen LogP contribution in [0.5, 0.6) is 0 Å². The molecule has 0 aromatic carbocycles. The molecule has 0 fully saturated rings. The molecule has 2 rings (SSSR count). The molecule has 0 aliphatic rings. The average Bonchev–Trinajstić information content (AvgIpc) is 3.00. The molecule has 1 unspecified atom stereocenters. The van der Waals surface area contributed by atoms with Gasteiger partial charge in [0.15, 0.2) is 11.2 Å². The van der Waals surface area contributed by atoms with Crippen LogP contribution < -0.4 is 16.6 Å². The van der Waals surface area contributed by atoms with Crippen LogP contribution in [0, 0.1) is 0 Å². The maximum absolute atomic E-state index is 12.4. The van der Waals surface area contributed by atoms with Crippen molar-refractivity contribution in [3.8, 4) is 0 Å². The third-order valence-electron chi connectivity index (χ3n) is 5.23. The van der Waals surface area contributed by atoms with E-state index in [9.17, 15) is 9.59 Å². The van der Waals surface area contributed by atoms with Crippen LogP contribution in [0.3, 0.4) is 0 Å². The van der Waals surface area contributed by atoms with Crippen LogP contribution in [-0.2, 0) is 13.6 Å². The summed E-state index contributed by atoms with van der Waals surface area (Å²) in [5.74, 6) is 0.675. The number of hydrogen-bond acceptors (Lipinski definition) is 4. The van der Waals surface area contributed by atoms with Gasteiger partial charge in [-0.15, -0.1) is 0 Å². The Kier molecular flexibility index (Phi) is 8.13. The zero-order valence-electron chi connectivity index (χ0n) is 17.3. The first kappa shape index (κ1) is 21.3. The lowest BCUT2D eigenvalue weighted by Crippen LogP contribution is -2.29. The van der Waals surface area contributed by atoms with Crippen molar-refractivity contribution in [2.24, 2.45) is 7.05 Å². The molecule has 0 aliphatic carbocycles. The normalized spacial score (nSPS) is 12.6. The number of aromatic nitrogens is 4. The van der Waals surface area contributed by atoms with Crippen molar-refractivity contribution >= 4 is 17.1 Å². The van der Waals surface area contributed by atoms with Crippen molar-refractivity contribution in [3.05, 3.63) is 20.8 Å². The van der Waals surface area contributed by atoms with Crippen molar-refractivity contribution in [1.29, 1.82) is 0 Å². The molecule has 0 saturated carbocycles. The summed E-state index contributed by atoms with van der Waals surface area (Å²) in [7, 11) is 1.64. The Bertz CT molecular complexity index is 833. The second-order valence-corrected chi connectivity index (χ2v) is 7.51. The van der Waals surface area contributed by atoms with Gasteiger partial charge in [0.25, 0.3) is 5.56 Å². The molecule has 0 aliphatic heterocycles. The third-order valence-corrected chi connectivity index (χ3v) is 5.23. The van der Waals surface area contributed by atoms with E-state index < -0.39 is 5.69 Å². The summed E-state index contributed by atoms with van der Waals surface area (Å²) in [6.45, 7) is 7.15. The molecule has 0 spiro atoms. The summed E-state index contributed by atoms with van der Waals surface area (Å²) in [5.41, 5.74) is 0.122. The minimum atomic E-state index is -0.431. The van der Waals surface area contributed by atoms with E-state index >= 15 is 0 Å². The SMILES string of the molecule is CCCCCCCCCCn1c(NC(C)CC)nc2c1c(=O)[nH]c(=O)n2C. The first-order valence-corrected chi connectivity index (χ1v) is 10.5. The van der Waals surface area contributed by atoms with Gasteiger partial charge in [-0.1, -0.05) is 58.8 Å². The highest BCUT2D eigenvalue weighted by atomic mass is 16.2. The summed E-state index contributed by atoms with van der Waals surface area (Å²) in [6.07, 6.45) is 10.8. The lowest BCUT2D eigenvalue weighted by Gasteiger charge is -2.14. The number of H-pyrrole nitrogens is 1. The Morgan fingerprint density at radius 2 is 1.67 bits per heavy atom. The fraction of sp³-hybridized carbons (Fsp3) is 0.750. The van der Waals surface area contributed by atoms with Crippen LogP contribution in [0.1, 0.15) is 78.6 Å². The maximum atomic E-state index is 12.4. The highest BCUT2D eigenvalue weighted by molar-refractivity contribution is 5.74. The highest BCUT2D eigenvalue weighted by Gasteiger charge is 2.17. The molecule has 2 aromatic heterocycles. The number of nitrogens with one attached hydrogen (secondary N) is 2. The molecule has 1 atom stereocenters. The van der Waals surface area contributed by atoms with Crippen molar-refractivity contribution in [2.75, 3.05) is 5.32 Å². The van der Waals surface area contributed by atoms with Gasteiger partial charge in [0.2, 0.25) is 5.95 Å². The smallest absolute Gasteiger partial charge is 0.329 e. The molecule has 2 aromatic rings. The number of hydrogen-bond donors (Lipinski definition) is 2. The quantitative estimate of drug-likeness (QED) is 0.551. The van der Waals surface area contributed by atoms with E-state index in [0.717, 1.165) is 25.8 Å². The zero-order valence-corrected chi connectivity index (χ0v) is 17.3. The summed E-state index contributed by atoms with van der Waals surface area (Å²) in [6, 6.07) is 0.246. The Morgan fingerprint density at radius 3 is 2.30 bits per heavy atom. The van der Waals surface area contributed by atoms with Gasteiger partial charge >= 0.3 is 5.69 Å². The van der Waals surface area contributed by atoms with E-state index in [1.54, 1.807) is 7.05 Å². The fourth-order valence-corrected chi connectivity index (χ4v) is 3.29. The van der Waals surface area contributed by atoms with Crippen molar-refractivity contribution < 1.29 is 0 Å². The predicted molar refractivity (Wildman–Crippen MR) is 112 cm³/mol. The van der Waals surface area contributed by atoms with Gasteiger partial charge in [0.1, 0.15) is 0 Å². The molecular weight excluding hydrogens is 342 g/mol. The van der Waals surface area contributed by atoms with Crippen LogP contribution in [0.4, 0.5) is 5.95 Å². The van der Waals surface area contributed by atoms with Crippen molar-refractivity contribution in [3.63, 3.8) is 0 Å². The fourth-order valence-electron chi connectivity index (χ4n) is 3.29. The number of rotatable bonds is 12. The Balaban J connectivity index is 2.13. The molecule has 0 bridgehead atoms. The Morgan fingerprint density at radius 1 is 1.04 bits per heavy atom. The Hall–Kier alpha value is -2.05. The predicted octanol–water partition coefficient (Wildman–Crippen LogP) is 3.77. The molecule has 2 N–H and O–H groups in total. The van der Waals surface area contributed by atoms with Crippen LogP contribution >= 0.6 is 0 Å². The van der Waals surface area contributed by atoms with Crippen molar-refractivity contribution in [1.82, 2.24) is 19.1 Å². The monoisotopic (exact) mass is 377 g/mol. The van der Waals surface area contributed by atoms with Gasteiger partial charge in [0, 0.05) is 19.6 Å². The summed E-state index contributed by atoms with van der Waals surface area (Å²) < 4.78 is 3.35. The lowest BCUT2D eigenvalue weighted by molar-refractivity contribution is 0.548. The van der Waals surface area contributed by atoms with Crippen molar-refractivity contribution in [2.45, 2.75) is 91.1 Å². The number of anilines is 1. The van der Waals surface area contributed by atoms with Gasteiger partial charge in [0.05, 0.1) is 0 Å². The number of aryl methyl sites for hydroxylation is 2. The summed E-state index contributed by atoms with van der Waals surface area (Å²) in [4.78, 5) is 31.3. The maximum Gasteiger partial charge on any atom is 0.329 e. The standard InChI is InChI=1S/C20H35N5O2/c1-5-7-8-9-10-11-12-13-14-25-16-17(22-19(25)21-15(3)6-2)24(4)20(27)23-18(16)26/h15H,5-14H2,1-4H3,(H,21,22)(H,23,26,27). The van der Waals surface area contributed by atoms with E-state index in [-0.39, 0.29) is 11.6 Å². The van der Waals surface area contributed by atoms with E-state index in [2.05, 4.69) is 36.1 Å². The van der Waals surface area contributed by atoms with Gasteiger partial charge in [-0.2, -0.15) is 4.98 Å². The topological polar surface area (TPSA) is 84.7 Å². The van der Waals surface area contributed by atoms with E-state index in [0.29, 0.717) is 17.1 Å². The molecule has 2 heterocycles. The second kappa shape index (κ2) is 10.3. The number of nitrogens with zero attached hydrogens (tertiary/aromatic N) is 3. The molecule has 27 heavy (non-hydrogen) atoms. The van der Waals surface area contributed by atoms with Crippen LogP contribution in [0.15, 0.2) is 9.59 Å². The molecule has 0 amide bonds. The second-order valence-electron chi connectivity index (χ2n) is 7.51. The summed E-state index contributed by atoms with van der Waals surface area (Å²) in [5, 5.41) is 3.38. The molecular formula is C20H35N5O2. The first-order valence-electron chi connectivity index (χ1n) is 10.5. The van der Waals surface area contributed by atoms with Gasteiger partial charge in [-0.25, -0.2) is 4.79 Å². The van der Waals surface area contributed by atoms with Crippen LogP contribution in [0.2, 0.25) is 0 Å². The minimum absolute atomic E-state index is 0.246. The highest BCUT2D eigenvalue weighted by Crippen LogP contribution is 2.18. The molecule has 7 nitrogen and oxygen atoms in total. The van der Waals surface area contributed by atoms with Gasteiger partial charge in [-0.05, 0) is 19.8 Å². The lowest BCUT2D eigenvalue weighted by atomic mass is 10.1. The molecule has 152 valence electrons. The largest absolute Gasteiger partial charge is 0.353 e. The Labute approximate surface area is 161 Å². The van der Waals surface area contributed by atoms with E-state index in [1.165, 1.54) is 43.1 Å². The third kappa shape index (κ3) is 5.47. The van der Waals surface area contributed by atoms with Crippen LogP contribution in [-0.4, -0.2) is 25.1 Å². The van der Waals surface area contributed by atoms with E-state index in [4.69, 9.17) is 0 Å². The molecule has 0 saturated heterocycles. The average molecular weight is 378 g/mol. The number of imidazole rings is 1. The first-order chi connectivity index (χ1) is 13.0. The summed E-state index contributed by atoms with van der Waals surface area (Å²) >= 11 is 0. The number of fused-ring (bicyclic) bond motifs is 1. The minimum Gasteiger partial charge on any atom is -0.353 e. The molecule has 7 heteroatoms. The molecule has 0 radical (unpaired) electrons. The number of unbranched alkanes of at least 4 members (excludes halogenated alkanes) is 7. The van der Waals surface area contributed by atoms with E-state index in [1.807, 2.05) is 4.57 Å². The van der Waals surface area contributed by atoms with Gasteiger partial charge < -0.3 is 9.88 Å².